The Morgan fingerprint density at radius 3 is 2.38 bits per heavy atom. The van der Waals surface area contributed by atoms with Crippen molar-refractivity contribution in [2.24, 2.45) is 0 Å². The molecular weight excluding hydrogens is 402 g/mol. The molecule has 0 aliphatic carbocycles. The highest BCUT2D eigenvalue weighted by Crippen LogP contribution is 2.33. The second-order valence-electron chi connectivity index (χ2n) is 8.39. The largest absolute Gasteiger partial charge is 0.371 e. The Kier molecular flexibility index (Phi) is 6.54. The second kappa shape index (κ2) is 9.68. The van der Waals surface area contributed by atoms with Gasteiger partial charge in [0, 0.05) is 59.2 Å². The van der Waals surface area contributed by atoms with E-state index in [1.165, 1.54) is 24.9 Å². The third-order valence-electron chi connectivity index (χ3n) is 5.56. The fourth-order valence-corrected chi connectivity index (χ4v) is 4.02. The summed E-state index contributed by atoms with van der Waals surface area (Å²) >= 11 is 0. The Morgan fingerprint density at radius 1 is 0.906 bits per heavy atom. The molecule has 1 saturated heterocycles. The Labute approximate surface area is 188 Å². The van der Waals surface area contributed by atoms with Gasteiger partial charge in [-0.25, -0.2) is 4.79 Å². The van der Waals surface area contributed by atoms with Crippen molar-refractivity contribution in [3.8, 4) is 0 Å². The number of carbonyl (C=O) groups excluding carboxylic acids is 2. The van der Waals surface area contributed by atoms with Gasteiger partial charge >= 0.3 is 6.03 Å². The highest BCUT2D eigenvalue weighted by atomic mass is 16.2. The standard InChI is InChI=1S/C25H29N5O2/c1-17(2)27-25(32)28-19-8-6-18(7-9-19)24(31)29-22-10-11-23(30-14-4-3-5-15-30)20-12-13-26-16-21(20)22/h6-13,16-17H,3-5,14-15H2,1-2H3,(H,29,31)(H2,27,28,32). The van der Waals surface area contributed by atoms with Gasteiger partial charge in [-0.15, -0.1) is 0 Å². The van der Waals surface area contributed by atoms with E-state index in [1.807, 2.05) is 26.0 Å². The summed E-state index contributed by atoms with van der Waals surface area (Å²) in [5.41, 5.74) is 3.06. The number of amides is 3. The molecule has 2 aromatic carbocycles. The van der Waals surface area contributed by atoms with Gasteiger partial charge in [0.25, 0.3) is 5.91 Å². The number of nitrogens with zero attached hydrogens (tertiary/aromatic N) is 2. The van der Waals surface area contributed by atoms with E-state index in [1.54, 1.807) is 36.7 Å². The first kappa shape index (κ1) is 21.6. The van der Waals surface area contributed by atoms with Crippen LogP contribution in [-0.4, -0.2) is 36.1 Å². The predicted molar refractivity (Wildman–Crippen MR) is 129 cm³/mol. The molecule has 0 saturated carbocycles. The number of piperidine rings is 1. The van der Waals surface area contributed by atoms with Gasteiger partial charge in [0.15, 0.2) is 0 Å². The van der Waals surface area contributed by atoms with Gasteiger partial charge in [0.1, 0.15) is 0 Å². The maximum Gasteiger partial charge on any atom is 0.319 e. The molecule has 1 aliphatic rings. The quantitative estimate of drug-likeness (QED) is 0.530. The van der Waals surface area contributed by atoms with Gasteiger partial charge < -0.3 is 20.9 Å². The van der Waals surface area contributed by atoms with E-state index in [4.69, 9.17) is 0 Å². The number of anilines is 3. The minimum atomic E-state index is -0.273. The Bertz CT molecular complexity index is 1110. The van der Waals surface area contributed by atoms with Gasteiger partial charge in [0.2, 0.25) is 0 Å². The molecule has 2 heterocycles. The first-order chi connectivity index (χ1) is 15.5. The molecule has 166 valence electrons. The number of carbonyl (C=O) groups is 2. The first-order valence-corrected chi connectivity index (χ1v) is 11.1. The first-order valence-electron chi connectivity index (χ1n) is 11.1. The smallest absolute Gasteiger partial charge is 0.319 e. The highest BCUT2D eigenvalue weighted by Gasteiger charge is 2.16. The van der Waals surface area contributed by atoms with Crippen molar-refractivity contribution >= 4 is 39.8 Å². The number of hydrogen-bond donors (Lipinski definition) is 3. The van der Waals surface area contributed by atoms with E-state index in [0.717, 1.165) is 29.5 Å². The lowest BCUT2D eigenvalue weighted by Gasteiger charge is -2.30. The number of rotatable bonds is 5. The molecule has 0 radical (unpaired) electrons. The highest BCUT2D eigenvalue weighted by molar-refractivity contribution is 6.11. The SMILES string of the molecule is CC(C)NC(=O)Nc1ccc(C(=O)Nc2ccc(N3CCCCC3)c3ccncc23)cc1. The van der Waals surface area contributed by atoms with Crippen molar-refractivity contribution in [3.05, 3.63) is 60.4 Å². The zero-order valence-corrected chi connectivity index (χ0v) is 18.5. The van der Waals surface area contributed by atoms with Gasteiger partial charge in [-0.1, -0.05) is 0 Å². The second-order valence-corrected chi connectivity index (χ2v) is 8.39. The van der Waals surface area contributed by atoms with Crippen LogP contribution in [0.15, 0.2) is 54.9 Å². The van der Waals surface area contributed by atoms with Crippen LogP contribution >= 0.6 is 0 Å². The van der Waals surface area contributed by atoms with Crippen molar-refractivity contribution in [2.75, 3.05) is 28.6 Å². The molecule has 3 amide bonds. The van der Waals surface area contributed by atoms with Crippen LogP contribution in [0.4, 0.5) is 21.9 Å². The van der Waals surface area contributed by atoms with E-state index in [9.17, 15) is 9.59 Å². The number of hydrogen-bond acceptors (Lipinski definition) is 4. The molecular formula is C25H29N5O2. The molecule has 1 aromatic heterocycles. The molecule has 3 aromatic rings. The number of fused-ring (bicyclic) bond motifs is 1. The Hall–Kier alpha value is -3.61. The maximum atomic E-state index is 12.9. The van der Waals surface area contributed by atoms with Crippen LogP contribution in [0.3, 0.4) is 0 Å². The Morgan fingerprint density at radius 2 is 1.66 bits per heavy atom. The van der Waals surface area contributed by atoms with E-state index in [-0.39, 0.29) is 18.0 Å². The summed E-state index contributed by atoms with van der Waals surface area (Å²) in [6, 6.07) is 12.7. The van der Waals surface area contributed by atoms with Crippen LogP contribution in [0.5, 0.6) is 0 Å². The van der Waals surface area contributed by atoms with Crippen LogP contribution in [0.25, 0.3) is 10.8 Å². The monoisotopic (exact) mass is 431 g/mol. The normalized spacial score (nSPS) is 13.8. The molecule has 3 N–H and O–H groups in total. The van der Waals surface area contributed by atoms with E-state index < -0.39 is 0 Å². The van der Waals surface area contributed by atoms with Crippen LogP contribution in [0, 0.1) is 0 Å². The lowest BCUT2D eigenvalue weighted by Crippen LogP contribution is -2.34. The van der Waals surface area contributed by atoms with Crippen LogP contribution in [0.2, 0.25) is 0 Å². The molecule has 0 atom stereocenters. The molecule has 0 unspecified atom stereocenters. The molecule has 1 fully saturated rings. The summed E-state index contributed by atoms with van der Waals surface area (Å²) in [6.45, 7) is 5.90. The third-order valence-corrected chi connectivity index (χ3v) is 5.56. The third kappa shape index (κ3) is 4.99. The van der Waals surface area contributed by atoms with E-state index in [2.05, 4.69) is 31.9 Å². The molecule has 0 bridgehead atoms. The average molecular weight is 432 g/mol. The lowest BCUT2D eigenvalue weighted by atomic mass is 10.0. The Balaban J connectivity index is 1.51. The van der Waals surface area contributed by atoms with Crippen molar-refractivity contribution in [1.29, 1.82) is 0 Å². The molecule has 1 aliphatic heterocycles. The zero-order valence-electron chi connectivity index (χ0n) is 18.5. The zero-order chi connectivity index (χ0) is 22.5. The van der Waals surface area contributed by atoms with Gasteiger partial charge in [0.05, 0.1) is 5.69 Å². The van der Waals surface area contributed by atoms with Crippen molar-refractivity contribution in [3.63, 3.8) is 0 Å². The number of urea groups is 1. The summed E-state index contributed by atoms with van der Waals surface area (Å²) in [7, 11) is 0. The lowest BCUT2D eigenvalue weighted by molar-refractivity contribution is 0.102. The summed E-state index contributed by atoms with van der Waals surface area (Å²) in [5, 5.41) is 10.6. The predicted octanol–water partition coefficient (Wildman–Crippen LogP) is 5.01. The van der Waals surface area contributed by atoms with Gasteiger partial charge in [-0.2, -0.15) is 0 Å². The number of nitrogens with one attached hydrogen (secondary N) is 3. The van der Waals surface area contributed by atoms with Crippen LogP contribution in [0.1, 0.15) is 43.5 Å². The van der Waals surface area contributed by atoms with Gasteiger partial charge in [-0.3, -0.25) is 9.78 Å². The van der Waals surface area contributed by atoms with Crippen LogP contribution < -0.4 is 20.9 Å². The van der Waals surface area contributed by atoms with Crippen molar-refractivity contribution < 1.29 is 9.59 Å². The molecule has 0 spiro atoms. The summed E-state index contributed by atoms with van der Waals surface area (Å²) < 4.78 is 0. The van der Waals surface area contributed by atoms with Crippen molar-refractivity contribution in [2.45, 2.75) is 39.2 Å². The fourth-order valence-electron chi connectivity index (χ4n) is 4.02. The number of aromatic nitrogens is 1. The summed E-state index contributed by atoms with van der Waals surface area (Å²) in [6.07, 6.45) is 7.28. The molecule has 7 nitrogen and oxygen atoms in total. The minimum Gasteiger partial charge on any atom is -0.371 e. The average Bonchev–Trinajstić information content (AvgIpc) is 2.80. The molecule has 32 heavy (non-hydrogen) atoms. The summed E-state index contributed by atoms with van der Waals surface area (Å²) in [5.74, 6) is -0.209. The topological polar surface area (TPSA) is 86.4 Å². The fraction of sp³-hybridized carbons (Fsp3) is 0.320. The molecule has 7 heteroatoms. The maximum absolute atomic E-state index is 12.9. The summed E-state index contributed by atoms with van der Waals surface area (Å²) in [4.78, 5) is 31.4. The van der Waals surface area contributed by atoms with E-state index in [0.29, 0.717) is 11.3 Å². The minimum absolute atomic E-state index is 0.0469. The van der Waals surface area contributed by atoms with E-state index >= 15 is 0 Å². The number of pyridine rings is 1. The van der Waals surface area contributed by atoms with Crippen LogP contribution in [-0.2, 0) is 0 Å². The van der Waals surface area contributed by atoms with Gasteiger partial charge in [-0.05, 0) is 75.6 Å². The number of benzene rings is 2. The molecule has 4 rings (SSSR count). The van der Waals surface area contributed by atoms with Crippen molar-refractivity contribution in [1.82, 2.24) is 10.3 Å².